The lowest BCUT2D eigenvalue weighted by Gasteiger charge is -2.11. The van der Waals surface area contributed by atoms with E-state index >= 15 is 0 Å². The molecule has 0 saturated heterocycles. The summed E-state index contributed by atoms with van der Waals surface area (Å²) in [5, 5.41) is 43.9. The Hall–Kier alpha value is -4.76. The second kappa shape index (κ2) is 9.83. The third-order valence-electron chi connectivity index (χ3n) is 4.01. The Morgan fingerprint density at radius 2 is 0.969 bits per heavy atom. The van der Waals surface area contributed by atoms with Gasteiger partial charge in [0.15, 0.2) is 0 Å². The molecule has 0 atom stereocenters. The maximum Gasteiger partial charge on any atom is 0.319 e. The number of hydrogen-bond acceptors (Lipinski definition) is 12. The normalized spacial score (nSPS) is 10.4. The first-order valence-electron chi connectivity index (χ1n) is 8.73. The molecule has 0 aliphatic carbocycles. The summed E-state index contributed by atoms with van der Waals surface area (Å²) in [7, 11) is 0. The van der Waals surface area contributed by atoms with E-state index in [4.69, 9.17) is 20.9 Å². The number of nitro benzene ring substituents is 4. The van der Waals surface area contributed by atoms with Crippen molar-refractivity contribution in [2.45, 2.75) is 12.8 Å². The molecule has 4 N–H and O–H groups in total. The fraction of sp³-hybridized carbons (Fsp3) is 0.250. The van der Waals surface area contributed by atoms with E-state index in [1.165, 1.54) is 0 Å². The molecule has 0 saturated carbocycles. The number of ether oxygens (including phenoxy) is 2. The van der Waals surface area contributed by atoms with Crippen molar-refractivity contribution >= 4 is 34.1 Å². The fourth-order valence-electron chi connectivity index (χ4n) is 2.59. The van der Waals surface area contributed by atoms with Gasteiger partial charge in [-0.2, -0.15) is 0 Å². The van der Waals surface area contributed by atoms with Gasteiger partial charge < -0.3 is 20.9 Å². The van der Waals surface area contributed by atoms with Crippen LogP contribution in [0.25, 0.3) is 0 Å². The van der Waals surface area contributed by atoms with E-state index in [0.29, 0.717) is 0 Å². The van der Waals surface area contributed by atoms with Crippen LogP contribution in [0.15, 0.2) is 24.3 Å². The van der Waals surface area contributed by atoms with Crippen LogP contribution in [-0.2, 0) is 0 Å². The first kappa shape index (κ1) is 23.5. The molecule has 0 heterocycles. The summed E-state index contributed by atoms with van der Waals surface area (Å²) in [5.74, 6) is -0.645. The highest BCUT2D eigenvalue weighted by atomic mass is 16.6. The van der Waals surface area contributed by atoms with Crippen LogP contribution < -0.4 is 20.9 Å². The monoisotopic (exact) mass is 452 g/mol. The van der Waals surface area contributed by atoms with Gasteiger partial charge in [-0.3, -0.25) is 40.5 Å². The van der Waals surface area contributed by atoms with Gasteiger partial charge in [0.25, 0.3) is 11.4 Å². The second-order valence-corrected chi connectivity index (χ2v) is 6.20. The van der Waals surface area contributed by atoms with Crippen LogP contribution in [0.5, 0.6) is 11.5 Å². The van der Waals surface area contributed by atoms with Gasteiger partial charge in [-0.05, 0) is 12.8 Å². The molecular weight excluding hydrogens is 436 g/mol. The van der Waals surface area contributed by atoms with Crippen LogP contribution in [0, 0.1) is 40.5 Å². The predicted molar refractivity (Wildman–Crippen MR) is 109 cm³/mol. The summed E-state index contributed by atoms with van der Waals surface area (Å²) in [6.45, 7) is -0.159. The van der Waals surface area contributed by atoms with E-state index in [-0.39, 0.29) is 48.9 Å². The van der Waals surface area contributed by atoms with Gasteiger partial charge in [-0.25, -0.2) is 0 Å². The van der Waals surface area contributed by atoms with Crippen molar-refractivity contribution in [3.8, 4) is 11.5 Å². The molecular formula is C16H16N6O10. The van der Waals surface area contributed by atoms with E-state index in [1.54, 1.807) is 0 Å². The fourth-order valence-corrected chi connectivity index (χ4v) is 2.59. The molecule has 0 fully saturated rings. The number of anilines is 2. The Bertz CT molecular complexity index is 1000. The van der Waals surface area contributed by atoms with Crippen molar-refractivity contribution in [1.29, 1.82) is 0 Å². The van der Waals surface area contributed by atoms with E-state index in [2.05, 4.69) is 0 Å². The van der Waals surface area contributed by atoms with Crippen LogP contribution in [0.3, 0.4) is 0 Å². The number of rotatable bonds is 11. The average Bonchev–Trinajstić information content (AvgIpc) is 2.70. The van der Waals surface area contributed by atoms with Gasteiger partial charge >= 0.3 is 11.4 Å². The molecule has 0 unspecified atom stereocenters. The average molecular weight is 452 g/mol. The van der Waals surface area contributed by atoms with E-state index in [1.807, 2.05) is 0 Å². The topological polar surface area (TPSA) is 243 Å². The molecule has 32 heavy (non-hydrogen) atoms. The van der Waals surface area contributed by atoms with Gasteiger partial charge in [-0.1, -0.05) is 0 Å². The molecule has 0 aliphatic heterocycles. The Kier molecular flexibility index (Phi) is 7.22. The Labute approximate surface area is 177 Å². The van der Waals surface area contributed by atoms with Crippen molar-refractivity contribution in [1.82, 2.24) is 0 Å². The minimum atomic E-state index is -0.863. The zero-order valence-electron chi connectivity index (χ0n) is 16.2. The summed E-state index contributed by atoms with van der Waals surface area (Å²) in [6.07, 6.45) is 0.516. The Morgan fingerprint density at radius 1 is 0.625 bits per heavy atom. The minimum Gasteiger partial charge on any atom is -0.485 e. The van der Waals surface area contributed by atoms with Crippen molar-refractivity contribution in [3.05, 3.63) is 64.7 Å². The van der Waals surface area contributed by atoms with Gasteiger partial charge in [0.1, 0.15) is 0 Å². The van der Waals surface area contributed by atoms with Crippen LogP contribution in [0.4, 0.5) is 34.1 Å². The minimum absolute atomic E-state index is 0.0793. The first-order chi connectivity index (χ1) is 15.0. The molecule has 16 nitrogen and oxygen atoms in total. The van der Waals surface area contributed by atoms with Crippen LogP contribution in [-0.4, -0.2) is 32.9 Å². The molecule has 0 amide bonds. The zero-order chi connectivity index (χ0) is 24.0. The number of hydrogen-bond donors (Lipinski definition) is 2. The molecule has 0 bridgehead atoms. The molecule has 2 rings (SSSR count). The number of benzene rings is 2. The molecule has 0 spiro atoms. The molecule has 2 aromatic rings. The molecule has 170 valence electrons. The molecule has 0 radical (unpaired) electrons. The van der Waals surface area contributed by atoms with E-state index < -0.39 is 42.4 Å². The van der Waals surface area contributed by atoms with E-state index in [9.17, 15) is 40.5 Å². The van der Waals surface area contributed by atoms with Crippen molar-refractivity contribution < 1.29 is 29.2 Å². The van der Waals surface area contributed by atoms with Gasteiger partial charge in [0, 0.05) is 12.1 Å². The molecule has 2 aromatic carbocycles. The third kappa shape index (κ3) is 5.43. The lowest BCUT2D eigenvalue weighted by molar-refractivity contribution is -0.394. The maximum atomic E-state index is 11.1. The first-order valence-corrected chi connectivity index (χ1v) is 8.73. The van der Waals surface area contributed by atoms with E-state index in [0.717, 1.165) is 24.3 Å². The Balaban J connectivity index is 1.99. The molecule has 16 heteroatoms. The summed E-state index contributed by atoms with van der Waals surface area (Å²) >= 11 is 0. The second-order valence-electron chi connectivity index (χ2n) is 6.20. The molecule has 0 aliphatic rings. The summed E-state index contributed by atoms with van der Waals surface area (Å²) in [5.41, 5.74) is 8.24. The maximum absolute atomic E-state index is 11.1. The summed E-state index contributed by atoms with van der Waals surface area (Å²) in [6, 6.07) is 3.32. The number of nitro groups is 4. The van der Waals surface area contributed by atoms with Crippen molar-refractivity contribution in [2.75, 3.05) is 24.7 Å². The SMILES string of the molecule is Nc1cc([N+](=O)[O-])cc([N+](=O)[O-])c1OCCCCOc1c(N)cc([N+](=O)[O-])cc1[N+](=O)[O-]. The molecule has 0 aromatic heterocycles. The zero-order valence-corrected chi connectivity index (χ0v) is 16.2. The Morgan fingerprint density at radius 3 is 1.25 bits per heavy atom. The standard InChI is InChI=1S/C16H16N6O10/c17-11-5-9(19(23)24)7-13(21(27)28)15(11)31-3-1-2-4-32-16-12(18)6-10(20(25)26)8-14(16)22(29)30/h5-8H,1-4,17-18H2. The van der Waals surface area contributed by atoms with Crippen LogP contribution >= 0.6 is 0 Å². The van der Waals surface area contributed by atoms with Gasteiger partial charge in [0.05, 0.1) is 56.4 Å². The number of nitrogens with zero attached hydrogens (tertiary/aromatic N) is 4. The number of unbranched alkanes of at least 4 members (excludes halogenated alkanes) is 1. The number of nitrogen functional groups attached to an aromatic ring is 2. The van der Waals surface area contributed by atoms with Gasteiger partial charge in [0.2, 0.25) is 11.5 Å². The summed E-state index contributed by atoms with van der Waals surface area (Å²) < 4.78 is 10.6. The number of non-ortho nitro benzene ring substituents is 2. The lowest BCUT2D eigenvalue weighted by atomic mass is 10.2. The van der Waals surface area contributed by atoms with Gasteiger partial charge in [-0.15, -0.1) is 0 Å². The van der Waals surface area contributed by atoms with Crippen LogP contribution in [0.2, 0.25) is 0 Å². The van der Waals surface area contributed by atoms with Crippen LogP contribution in [0.1, 0.15) is 12.8 Å². The predicted octanol–water partition coefficient (Wildman–Crippen LogP) is 2.72. The summed E-state index contributed by atoms with van der Waals surface area (Å²) in [4.78, 5) is 40.5. The smallest absolute Gasteiger partial charge is 0.319 e. The third-order valence-corrected chi connectivity index (χ3v) is 4.01. The quantitative estimate of drug-likeness (QED) is 0.216. The lowest BCUT2D eigenvalue weighted by Crippen LogP contribution is -2.08. The highest BCUT2D eigenvalue weighted by Gasteiger charge is 2.25. The van der Waals surface area contributed by atoms with Crippen molar-refractivity contribution in [3.63, 3.8) is 0 Å². The van der Waals surface area contributed by atoms with Crippen molar-refractivity contribution in [2.24, 2.45) is 0 Å². The largest absolute Gasteiger partial charge is 0.485 e. The highest BCUT2D eigenvalue weighted by Crippen LogP contribution is 2.38. The highest BCUT2D eigenvalue weighted by molar-refractivity contribution is 5.69. The number of nitrogens with two attached hydrogens (primary N) is 2.